The van der Waals surface area contributed by atoms with Crippen molar-refractivity contribution < 1.29 is 13.9 Å². The van der Waals surface area contributed by atoms with Crippen LogP contribution in [-0.2, 0) is 24.4 Å². The van der Waals surface area contributed by atoms with Gasteiger partial charge in [0.15, 0.2) is 5.76 Å². The van der Waals surface area contributed by atoms with Crippen LogP contribution >= 0.6 is 0 Å². The molecule has 0 atom stereocenters. The van der Waals surface area contributed by atoms with Crippen LogP contribution in [0.25, 0.3) is 11.0 Å². The van der Waals surface area contributed by atoms with Crippen molar-refractivity contribution in [2.24, 2.45) is 0 Å². The van der Waals surface area contributed by atoms with Gasteiger partial charge in [-0.3, -0.25) is 9.69 Å². The number of rotatable bonds is 9. The number of para-hydroxylation sites is 1. The fraction of sp³-hybridized carbons (Fsp3) is 0.348. The van der Waals surface area contributed by atoms with E-state index >= 15 is 0 Å². The van der Waals surface area contributed by atoms with Crippen LogP contribution in [-0.4, -0.2) is 31.0 Å². The van der Waals surface area contributed by atoms with Gasteiger partial charge in [0.25, 0.3) is 5.91 Å². The maximum absolute atomic E-state index is 12.7. The molecule has 0 aliphatic carbocycles. The normalized spacial score (nSPS) is 11.3. The highest BCUT2D eigenvalue weighted by Gasteiger charge is 2.20. The quantitative estimate of drug-likeness (QED) is 0.600. The molecule has 0 radical (unpaired) electrons. The van der Waals surface area contributed by atoms with Crippen LogP contribution in [0.15, 0.2) is 52.9 Å². The van der Waals surface area contributed by atoms with E-state index in [0.717, 1.165) is 36.1 Å². The minimum atomic E-state index is -0.226. The topological polar surface area (TPSA) is 54.7 Å². The molecule has 0 fully saturated rings. The number of nitrogens with zero attached hydrogens (tertiary/aromatic N) is 1. The van der Waals surface area contributed by atoms with Gasteiger partial charge in [0.05, 0.1) is 6.61 Å². The third kappa shape index (κ3) is 4.61. The summed E-state index contributed by atoms with van der Waals surface area (Å²) in [4.78, 5) is 15.1. The van der Waals surface area contributed by atoms with Crippen molar-refractivity contribution in [3.8, 4) is 0 Å². The number of amides is 1. The highest BCUT2D eigenvalue weighted by Crippen LogP contribution is 2.26. The number of nitrogens with one attached hydrogen (secondary N) is 1. The van der Waals surface area contributed by atoms with E-state index in [1.807, 2.05) is 24.3 Å². The summed E-state index contributed by atoms with van der Waals surface area (Å²) in [7, 11) is 1.61. The van der Waals surface area contributed by atoms with Crippen molar-refractivity contribution in [3.05, 3.63) is 71.0 Å². The van der Waals surface area contributed by atoms with Crippen molar-refractivity contribution in [3.63, 3.8) is 0 Å². The summed E-state index contributed by atoms with van der Waals surface area (Å²) in [5, 5.41) is 3.87. The Kier molecular flexibility index (Phi) is 6.85. The minimum Gasteiger partial charge on any atom is -0.451 e. The van der Waals surface area contributed by atoms with Crippen LogP contribution in [0, 0.1) is 0 Å². The molecule has 0 aliphatic rings. The third-order valence-corrected chi connectivity index (χ3v) is 4.97. The lowest BCUT2D eigenvalue weighted by molar-refractivity contribution is 0.0918. The molecule has 0 aliphatic heterocycles. The molecule has 0 unspecified atom stereocenters. The van der Waals surface area contributed by atoms with Crippen molar-refractivity contribution in [1.29, 1.82) is 0 Å². The molecule has 1 heterocycles. The first-order chi connectivity index (χ1) is 13.7. The first-order valence-corrected chi connectivity index (χ1v) is 9.74. The summed E-state index contributed by atoms with van der Waals surface area (Å²) in [5.41, 5.74) is 3.81. The summed E-state index contributed by atoms with van der Waals surface area (Å²) >= 11 is 0. The van der Waals surface area contributed by atoms with E-state index in [-0.39, 0.29) is 5.91 Å². The van der Waals surface area contributed by atoms with Crippen LogP contribution < -0.4 is 5.32 Å². The maximum atomic E-state index is 12.7. The molecule has 2 aromatic carbocycles. The predicted octanol–water partition coefficient (Wildman–Crippen LogP) is 4.35. The predicted molar refractivity (Wildman–Crippen MR) is 111 cm³/mol. The lowest BCUT2D eigenvalue weighted by Crippen LogP contribution is -2.24. The molecule has 1 aromatic heterocycles. The molecular weight excluding hydrogens is 352 g/mol. The van der Waals surface area contributed by atoms with E-state index in [2.05, 4.69) is 48.3 Å². The van der Waals surface area contributed by atoms with Crippen molar-refractivity contribution in [2.75, 3.05) is 20.2 Å². The molecule has 0 spiro atoms. The Morgan fingerprint density at radius 2 is 1.71 bits per heavy atom. The van der Waals surface area contributed by atoms with E-state index in [9.17, 15) is 4.79 Å². The van der Waals surface area contributed by atoms with Gasteiger partial charge in [-0.15, -0.1) is 0 Å². The average Bonchev–Trinajstić information content (AvgIpc) is 3.10. The van der Waals surface area contributed by atoms with Crippen LogP contribution in [0.5, 0.6) is 0 Å². The fourth-order valence-electron chi connectivity index (χ4n) is 3.30. The SMILES string of the molecule is CCN(CC)Cc1ccc(CNC(=O)c2oc3ccccc3c2COC)cc1. The Morgan fingerprint density at radius 3 is 2.39 bits per heavy atom. The summed E-state index contributed by atoms with van der Waals surface area (Å²) in [6, 6.07) is 16.0. The second kappa shape index (κ2) is 9.53. The van der Waals surface area contributed by atoms with Crippen molar-refractivity contribution >= 4 is 16.9 Å². The fourth-order valence-corrected chi connectivity index (χ4v) is 3.30. The number of hydrogen-bond acceptors (Lipinski definition) is 4. The number of furan rings is 1. The molecule has 148 valence electrons. The molecule has 0 bridgehead atoms. The Bertz CT molecular complexity index is 911. The number of carbonyl (C=O) groups excluding carboxylic acids is 1. The molecule has 3 rings (SSSR count). The maximum Gasteiger partial charge on any atom is 0.287 e. The number of hydrogen-bond donors (Lipinski definition) is 1. The molecule has 1 amide bonds. The van der Waals surface area contributed by atoms with Gasteiger partial charge in [-0.05, 0) is 30.3 Å². The second-order valence-corrected chi connectivity index (χ2v) is 6.80. The molecule has 1 N–H and O–H groups in total. The third-order valence-electron chi connectivity index (χ3n) is 4.97. The summed E-state index contributed by atoms with van der Waals surface area (Å²) in [5.74, 6) is 0.0941. The van der Waals surface area contributed by atoms with Gasteiger partial charge in [-0.2, -0.15) is 0 Å². The monoisotopic (exact) mass is 380 g/mol. The Morgan fingerprint density at radius 1 is 1.04 bits per heavy atom. The number of fused-ring (bicyclic) bond motifs is 1. The molecular formula is C23H28N2O3. The van der Waals surface area contributed by atoms with Gasteiger partial charge in [-0.1, -0.05) is 56.3 Å². The highest BCUT2D eigenvalue weighted by molar-refractivity contribution is 5.99. The van der Waals surface area contributed by atoms with Crippen molar-refractivity contribution in [1.82, 2.24) is 10.2 Å². The standard InChI is InChI=1S/C23H28N2O3/c1-4-25(5-2)15-18-12-10-17(11-13-18)14-24-23(26)22-20(16-27-3)19-8-6-7-9-21(19)28-22/h6-13H,4-5,14-16H2,1-3H3,(H,24,26). The van der Waals surface area contributed by atoms with Crippen molar-refractivity contribution in [2.45, 2.75) is 33.5 Å². The average molecular weight is 380 g/mol. The Balaban J connectivity index is 1.67. The number of methoxy groups -OCH3 is 1. The van der Waals surface area contributed by atoms with Crippen LogP contribution in [0.4, 0.5) is 0 Å². The number of ether oxygens (including phenoxy) is 1. The highest BCUT2D eigenvalue weighted by atomic mass is 16.5. The summed E-state index contributed by atoms with van der Waals surface area (Å²) < 4.78 is 11.1. The lowest BCUT2D eigenvalue weighted by atomic mass is 10.1. The van der Waals surface area contributed by atoms with E-state index < -0.39 is 0 Å². The molecule has 0 saturated carbocycles. The lowest BCUT2D eigenvalue weighted by Gasteiger charge is -2.18. The first kappa shape index (κ1) is 20.1. The largest absolute Gasteiger partial charge is 0.451 e. The zero-order chi connectivity index (χ0) is 19.9. The minimum absolute atomic E-state index is 0.226. The van der Waals surface area contributed by atoms with Crippen LogP contribution in [0.3, 0.4) is 0 Å². The van der Waals surface area contributed by atoms with Gasteiger partial charge >= 0.3 is 0 Å². The van der Waals surface area contributed by atoms with Gasteiger partial charge in [0, 0.05) is 31.1 Å². The zero-order valence-electron chi connectivity index (χ0n) is 16.8. The van der Waals surface area contributed by atoms with Crippen LogP contribution in [0.2, 0.25) is 0 Å². The molecule has 28 heavy (non-hydrogen) atoms. The van der Waals surface area contributed by atoms with E-state index in [1.165, 1.54) is 5.56 Å². The molecule has 5 heteroatoms. The molecule has 5 nitrogen and oxygen atoms in total. The molecule has 0 saturated heterocycles. The molecule has 3 aromatic rings. The Labute approximate surface area is 166 Å². The van der Waals surface area contributed by atoms with Gasteiger partial charge in [0.1, 0.15) is 5.58 Å². The second-order valence-electron chi connectivity index (χ2n) is 6.80. The van der Waals surface area contributed by atoms with Gasteiger partial charge in [0.2, 0.25) is 0 Å². The summed E-state index contributed by atoms with van der Waals surface area (Å²) in [6.07, 6.45) is 0. The first-order valence-electron chi connectivity index (χ1n) is 9.74. The van der Waals surface area contributed by atoms with Crippen LogP contribution in [0.1, 0.15) is 41.1 Å². The number of carbonyl (C=O) groups is 1. The summed E-state index contributed by atoms with van der Waals surface area (Å²) in [6.45, 7) is 8.14. The Hall–Kier alpha value is -2.63. The smallest absolute Gasteiger partial charge is 0.287 e. The van der Waals surface area contributed by atoms with Gasteiger partial charge in [-0.25, -0.2) is 0 Å². The van der Waals surface area contributed by atoms with E-state index in [4.69, 9.17) is 9.15 Å². The zero-order valence-corrected chi connectivity index (χ0v) is 16.8. The number of benzene rings is 2. The van der Waals surface area contributed by atoms with E-state index in [1.54, 1.807) is 7.11 Å². The van der Waals surface area contributed by atoms with E-state index in [0.29, 0.717) is 24.5 Å². The van der Waals surface area contributed by atoms with Gasteiger partial charge < -0.3 is 14.5 Å².